The van der Waals surface area contributed by atoms with Gasteiger partial charge in [0.05, 0.1) is 11.7 Å². The molecule has 0 fully saturated rings. The van der Waals surface area contributed by atoms with Gasteiger partial charge in [-0.3, -0.25) is 4.40 Å². The third-order valence-electron chi connectivity index (χ3n) is 3.17. The second-order valence-corrected chi connectivity index (χ2v) is 4.46. The minimum Gasteiger partial charge on any atom is -0.325 e. The maximum absolute atomic E-state index is 13.2. The van der Waals surface area contributed by atoms with Crippen LogP contribution in [-0.2, 0) is 13.0 Å². The summed E-state index contributed by atoms with van der Waals surface area (Å²) in [6, 6.07) is 12.5. The van der Waals surface area contributed by atoms with Crippen molar-refractivity contribution in [3.63, 3.8) is 0 Å². The van der Waals surface area contributed by atoms with Gasteiger partial charge in [-0.1, -0.05) is 18.2 Å². The highest BCUT2D eigenvalue weighted by atomic mass is 19.1. The number of rotatable bonds is 3. The van der Waals surface area contributed by atoms with Crippen molar-refractivity contribution >= 4 is 5.52 Å². The summed E-state index contributed by atoms with van der Waals surface area (Å²) in [5.74, 6) is 0.652. The zero-order valence-corrected chi connectivity index (χ0v) is 10.4. The molecule has 19 heavy (non-hydrogen) atoms. The molecule has 2 aromatic heterocycles. The Balaban J connectivity index is 2.06. The summed E-state index contributed by atoms with van der Waals surface area (Å²) in [6.45, 7) is 0.448. The predicted octanol–water partition coefficient (Wildman–Crippen LogP) is 2.52. The van der Waals surface area contributed by atoms with Gasteiger partial charge in [0, 0.05) is 18.7 Å². The fraction of sp³-hybridized carbons (Fsp3) is 0.133. The summed E-state index contributed by atoms with van der Waals surface area (Å²) in [4.78, 5) is 4.41. The molecule has 3 rings (SSSR count). The van der Waals surface area contributed by atoms with Gasteiger partial charge in [0.2, 0.25) is 0 Å². The van der Waals surface area contributed by atoms with Gasteiger partial charge < -0.3 is 5.73 Å². The second-order valence-electron chi connectivity index (χ2n) is 4.46. The minimum absolute atomic E-state index is 0.225. The van der Waals surface area contributed by atoms with E-state index in [9.17, 15) is 4.39 Å². The van der Waals surface area contributed by atoms with Gasteiger partial charge in [0.1, 0.15) is 11.6 Å². The number of nitrogens with two attached hydrogens (primary N) is 1. The molecule has 0 radical (unpaired) electrons. The molecule has 0 bridgehead atoms. The van der Waals surface area contributed by atoms with Crippen LogP contribution < -0.4 is 5.73 Å². The van der Waals surface area contributed by atoms with Gasteiger partial charge in [-0.25, -0.2) is 9.37 Å². The topological polar surface area (TPSA) is 43.3 Å². The fourth-order valence-corrected chi connectivity index (χ4v) is 2.30. The molecular weight excluding hydrogens is 241 g/mol. The van der Waals surface area contributed by atoms with Crippen molar-refractivity contribution in [2.45, 2.75) is 13.0 Å². The van der Waals surface area contributed by atoms with Gasteiger partial charge in [-0.2, -0.15) is 0 Å². The molecule has 2 heterocycles. The minimum atomic E-state index is -0.225. The van der Waals surface area contributed by atoms with E-state index in [2.05, 4.69) is 4.98 Å². The number of halogens is 1. The van der Waals surface area contributed by atoms with E-state index in [1.165, 1.54) is 12.1 Å². The average molecular weight is 255 g/mol. The Kier molecular flexibility index (Phi) is 3.01. The monoisotopic (exact) mass is 255 g/mol. The highest BCUT2D eigenvalue weighted by Gasteiger charge is 2.08. The van der Waals surface area contributed by atoms with Crippen LogP contribution in [0.3, 0.4) is 0 Å². The summed E-state index contributed by atoms with van der Waals surface area (Å²) < 4.78 is 15.2. The Morgan fingerprint density at radius 1 is 1.16 bits per heavy atom. The van der Waals surface area contributed by atoms with Crippen LogP contribution in [0.5, 0.6) is 0 Å². The highest BCUT2D eigenvalue weighted by Crippen LogP contribution is 2.15. The molecule has 1 aromatic carbocycles. The number of fused-ring (bicyclic) bond motifs is 1. The molecule has 0 amide bonds. The van der Waals surface area contributed by atoms with Crippen LogP contribution in [0.15, 0.2) is 48.7 Å². The zero-order chi connectivity index (χ0) is 13.2. The van der Waals surface area contributed by atoms with E-state index < -0.39 is 0 Å². The molecule has 0 atom stereocenters. The van der Waals surface area contributed by atoms with Crippen LogP contribution in [0.25, 0.3) is 5.52 Å². The van der Waals surface area contributed by atoms with Crippen LogP contribution in [0.2, 0.25) is 0 Å². The van der Waals surface area contributed by atoms with Crippen molar-refractivity contribution in [2.24, 2.45) is 5.73 Å². The maximum Gasteiger partial charge on any atom is 0.123 e. The number of aromatic nitrogens is 2. The lowest BCUT2D eigenvalue weighted by atomic mass is 10.1. The van der Waals surface area contributed by atoms with Gasteiger partial charge in [0.15, 0.2) is 0 Å². The molecule has 0 saturated carbocycles. The summed E-state index contributed by atoms with van der Waals surface area (Å²) in [5.41, 5.74) is 8.66. The lowest BCUT2D eigenvalue weighted by Crippen LogP contribution is -2.07. The zero-order valence-electron chi connectivity index (χ0n) is 10.4. The first-order chi connectivity index (χ1) is 9.28. The van der Waals surface area contributed by atoms with Gasteiger partial charge in [-0.15, -0.1) is 0 Å². The van der Waals surface area contributed by atoms with Crippen molar-refractivity contribution in [3.8, 4) is 0 Å². The Morgan fingerprint density at radius 3 is 2.79 bits per heavy atom. The first-order valence-electron chi connectivity index (χ1n) is 6.16. The first kappa shape index (κ1) is 11.9. The molecule has 0 aliphatic rings. The summed E-state index contributed by atoms with van der Waals surface area (Å²) >= 11 is 0. The van der Waals surface area contributed by atoms with E-state index in [1.807, 2.05) is 34.9 Å². The van der Waals surface area contributed by atoms with Gasteiger partial charge in [-0.05, 0) is 29.8 Å². The normalized spacial score (nSPS) is 11.1. The quantitative estimate of drug-likeness (QED) is 0.781. The second kappa shape index (κ2) is 4.82. The number of benzene rings is 1. The van der Waals surface area contributed by atoms with Gasteiger partial charge >= 0.3 is 0 Å². The van der Waals surface area contributed by atoms with E-state index in [4.69, 9.17) is 5.73 Å². The predicted molar refractivity (Wildman–Crippen MR) is 72.3 cm³/mol. The number of imidazole rings is 1. The molecule has 0 spiro atoms. The van der Waals surface area contributed by atoms with E-state index in [-0.39, 0.29) is 5.82 Å². The summed E-state index contributed by atoms with van der Waals surface area (Å²) in [5, 5.41) is 0. The third-order valence-corrected chi connectivity index (χ3v) is 3.17. The number of hydrogen-bond donors (Lipinski definition) is 1. The van der Waals surface area contributed by atoms with Crippen LogP contribution in [0.4, 0.5) is 4.39 Å². The van der Waals surface area contributed by atoms with Crippen LogP contribution in [-0.4, -0.2) is 9.38 Å². The molecule has 3 nitrogen and oxygen atoms in total. The third kappa shape index (κ3) is 2.22. The Labute approximate surface area is 110 Å². The molecule has 0 unspecified atom stereocenters. The number of hydrogen-bond acceptors (Lipinski definition) is 2. The lowest BCUT2D eigenvalue weighted by molar-refractivity contribution is 0.625. The van der Waals surface area contributed by atoms with Crippen molar-refractivity contribution in [1.82, 2.24) is 9.38 Å². The number of pyridine rings is 1. The van der Waals surface area contributed by atoms with Crippen molar-refractivity contribution in [3.05, 3.63) is 71.6 Å². The summed E-state index contributed by atoms with van der Waals surface area (Å²) in [7, 11) is 0. The Hall–Kier alpha value is -2.20. The van der Waals surface area contributed by atoms with E-state index in [0.717, 1.165) is 22.6 Å². The molecule has 96 valence electrons. The smallest absolute Gasteiger partial charge is 0.123 e. The first-order valence-corrected chi connectivity index (χ1v) is 6.16. The van der Waals surface area contributed by atoms with Crippen molar-refractivity contribution in [2.75, 3.05) is 0 Å². The van der Waals surface area contributed by atoms with Crippen molar-refractivity contribution in [1.29, 1.82) is 0 Å². The summed E-state index contributed by atoms with van der Waals surface area (Å²) in [6.07, 6.45) is 2.40. The van der Waals surface area contributed by atoms with E-state index in [1.54, 1.807) is 6.07 Å². The fourth-order valence-electron chi connectivity index (χ4n) is 2.30. The largest absolute Gasteiger partial charge is 0.325 e. The Bertz CT molecular complexity index is 718. The molecule has 0 saturated heterocycles. The standard InChI is InChI=1S/C15H14FN3/c16-12-4-1-3-11(7-12)8-15-18-10-14-6-2-5-13(9-17)19(14)15/h1-7,10H,8-9,17H2. The SMILES string of the molecule is NCc1cccc2cnc(Cc3cccc(F)c3)n12. The van der Waals surface area contributed by atoms with Crippen LogP contribution in [0.1, 0.15) is 17.1 Å². The van der Waals surface area contributed by atoms with Gasteiger partial charge in [0.25, 0.3) is 0 Å². The molecule has 4 heteroatoms. The molecule has 0 aliphatic carbocycles. The number of nitrogens with zero attached hydrogens (tertiary/aromatic N) is 2. The van der Waals surface area contributed by atoms with Crippen LogP contribution in [0, 0.1) is 5.82 Å². The molecule has 3 aromatic rings. The Morgan fingerprint density at radius 2 is 2.00 bits per heavy atom. The molecule has 0 aliphatic heterocycles. The average Bonchev–Trinajstić information content (AvgIpc) is 2.82. The molecular formula is C15H14FN3. The van der Waals surface area contributed by atoms with Crippen molar-refractivity contribution < 1.29 is 4.39 Å². The van der Waals surface area contributed by atoms with Crippen LogP contribution >= 0.6 is 0 Å². The highest BCUT2D eigenvalue weighted by molar-refractivity contribution is 5.48. The molecule has 2 N–H and O–H groups in total. The lowest BCUT2D eigenvalue weighted by Gasteiger charge is -2.07. The van der Waals surface area contributed by atoms with E-state index >= 15 is 0 Å². The maximum atomic E-state index is 13.2. The van der Waals surface area contributed by atoms with E-state index in [0.29, 0.717) is 13.0 Å².